The number of rotatable bonds is 6. The standard InChI is InChI=1S/C16H22O3/c1-5-13(16(17)18)8-9-19-15-10-14(11(2)3)7-6-12(15)4/h6-8,10-11H,5,9H2,1-4H3,(H,17,18). The lowest BCUT2D eigenvalue weighted by Gasteiger charge is -2.12. The maximum atomic E-state index is 10.9. The second-order valence-electron chi connectivity index (χ2n) is 4.88. The zero-order chi connectivity index (χ0) is 14.4. The van der Waals surface area contributed by atoms with Crippen molar-refractivity contribution in [2.45, 2.75) is 40.0 Å². The average Bonchev–Trinajstić information content (AvgIpc) is 2.35. The molecular weight excluding hydrogens is 240 g/mol. The zero-order valence-corrected chi connectivity index (χ0v) is 12.1. The van der Waals surface area contributed by atoms with Crippen LogP contribution in [0.15, 0.2) is 29.8 Å². The van der Waals surface area contributed by atoms with Crippen LogP contribution in [0.3, 0.4) is 0 Å². The first-order valence-corrected chi connectivity index (χ1v) is 6.61. The van der Waals surface area contributed by atoms with Crippen molar-refractivity contribution >= 4 is 5.97 Å². The summed E-state index contributed by atoms with van der Waals surface area (Å²) in [6.07, 6.45) is 2.13. The average molecular weight is 262 g/mol. The van der Waals surface area contributed by atoms with Gasteiger partial charge in [0.2, 0.25) is 0 Å². The van der Waals surface area contributed by atoms with E-state index in [9.17, 15) is 4.79 Å². The molecule has 0 amide bonds. The maximum Gasteiger partial charge on any atom is 0.331 e. The minimum atomic E-state index is -0.876. The van der Waals surface area contributed by atoms with E-state index >= 15 is 0 Å². The molecule has 1 aromatic carbocycles. The molecule has 0 saturated carbocycles. The van der Waals surface area contributed by atoms with Gasteiger partial charge in [-0.05, 0) is 42.5 Å². The third kappa shape index (κ3) is 4.43. The van der Waals surface area contributed by atoms with Gasteiger partial charge in [0.1, 0.15) is 12.4 Å². The third-order valence-electron chi connectivity index (χ3n) is 3.10. The van der Waals surface area contributed by atoms with Gasteiger partial charge in [0.05, 0.1) is 0 Å². The number of aliphatic carboxylic acids is 1. The van der Waals surface area contributed by atoms with Crippen LogP contribution in [-0.4, -0.2) is 17.7 Å². The SMILES string of the molecule is CCC(=CCOc1cc(C(C)C)ccc1C)C(=O)O. The predicted molar refractivity (Wildman–Crippen MR) is 76.8 cm³/mol. The van der Waals surface area contributed by atoms with Crippen LogP contribution < -0.4 is 4.74 Å². The van der Waals surface area contributed by atoms with E-state index in [0.29, 0.717) is 17.9 Å². The highest BCUT2D eigenvalue weighted by atomic mass is 16.5. The van der Waals surface area contributed by atoms with E-state index in [0.717, 1.165) is 11.3 Å². The molecule has 1 rings (SSSR count). The first-order chi connectivity index (χ1) is 8.95. The van der Waals surface area contributed by atoms with Crippen molar-refractivity contribution in [2.24, 2.45) is 0 Å². The molecule has 0 spiro atoms. The summed E-state index contributed by atoms with van der Waals surface area (Å²) >= 11 is 0. The lowest BCUT2D eigenvalue weighted by atomic mass is 10.0. The molecule has 0 fully saturated rings. The van der Waals surface area contributed by atoms with E-state index in [-0.39, 0.29) is 6.61 Å². The Hall–Kier alpha value is -1.77. The molecule has 0 heterocycles. The highest BCUT2D eigenvalue weighted by Crippen LogP contribution is 2.24. The lowest BCUT2D eigenvalue weighted by Crippen LogP contribution is -2.03. The van der Waals surface area contributed by atoms with Crippen LogP contribution in [0.2, 0.25) is 0 Å². The number of carboxylic acid groups (broad SMARTS) is 1. The Morgan fingerprint density at radius 1 is 1.42 bits per heavy atom. The summed E-state index contributed by atoms with van der Waals surface area (Å²) in [4.78, 5) is 10.9. The first-order valence-electron chi connectivity index (χ1n) is 6.61. The Morgan fingerprint density at radius 2 is 2.11 bits per heavy atom. The van der Waals surface area contributed by atoms with Gasteiger partial charge in [-0.2, -0.15) is 0 Å². The fourth-order valence-corrected chi connectivity index (χ4v) is 1.75. The van der Waals surface area contributed by atoms with Crippen molar-refractivity contribution in [3.63, 3.8) is 0 Å². The summed E-state index contributed by atoms with van der Waals surface area (Å²) in [6.45, 7) is 8.37. The van der Waals surface area contributed by atoms with Crippen molar-refractivity contribution < 1.29 is 14.6 Å². The second kappa shape index (κ2) is 6.98. The molecule has 0 atom stereocenters. The van der Waals surface area contributed by atoms with Crippen LogP contribution in [0.1, 0.15) is 44.2 Å². The Kier molecular flexibility index (Phi) is 5.61. The highest BCUT2D eigenvalue weighted by molar-refractivity contribution is 5.86. The fraction of sp³-hybridized carbons (Fsp3) is 0.438. The Labute approximate surface area is 114 Å². The van der Waals surface area contributed by atoms with Gasteiger partial charge in [0.15, 0.2) is 0 Å². The monoisotopic (exact) mass is 262 g/mol. The van der Waals surface area contributed by atoms with Gasteiger partial charge < -0.3 is 9.84 Å². The van der Waals surface area contributed by atoms with Crippen molar-refractivity contribution in [2.75, 3.05) is 6.61 Å². The number of hydrogen-bond donors (Lipinski definition) is 1. The van der Waals surface area contributed by atoms with E-state index in [1.165, 1.54) is 5.56 Å². The van der Waals surface area contributed by atoms with Crippen LogP contribution in [0.25, 0.3) is 0 Å². The van der Waals surface area contributed by atoms with E-state index in [1.54, 1.807) is 6.08 Å². The smallest absolute Gasteiger partial charge is 0.331 e. The van der Waals surface area contributed by atoms with Gasteiger partial charge >= 0.3 is 5.97 Å². The van der Waals surface area contributed by atoms with Crippen LogP contribution >= 0.6 is 0 Å². The molecular formula is C16H22O3. The molecule has 1 aromatic rings. The number of aryl methyl sites for hydroxylation is 1. The quantitative estimate of drug-likeness (QED) is 0.790. The maximum absolute atomic E-state index is 10.9. The summed E-state index contributed by atoms with van der Waals surface area (Å²) in [5.74, 6) is 0.394. The van der Waals surface area contributed by atoms with Crippen LogP contribution in [0.4, 0.5) is 0 Å². The van der Waals surface area contributed by atoms with Gasteiger partial charge in [-0.25, -0.2) is 4.79 Å². The largest absolute Gasteiger partial charge is 0.489 e. The molecule has 0 aliphatic carbocycles. The summed E-state index contributed by atoms with van der Waals surface area (Å²) in [6, 6.07) is 6.16. The number of ether oxygens (including phenoxy) is 1. The summed E-state index contributed by atoms with van der Waals surface area (Å²) < 4.78 is 5.67. The van der Waals surface area contributed by atoms with Crippen LogP contribution in [0.5, 0.6) is 5.75 Å². The van der Waals surface area contributed by atoms with Crippen molar-refractivity contribution in [3.8, 4) is 5.75 Å². The number of benzene rings is 1. The van der Waals surface area contributed by atoms with Gasteiger partial charge in [-0.3, -0.25) is 0 Å². The molecule has 3 nitrogen and oxygen atoms in total. The predicted octanol–water partition coefficient (Wildman–Crippen LogP) is 3.92. The van der Waals surface area contributed by atoms with Gasteiger partial charge in [0.25, 0.3) is 0 Å². The Morgan fingerprint density at radius 3 is 2.63 bits per heavy atom. The molecule has 0 saturated heterocycles. The molecule has 0 aliphatic rings. The molecule has 0 aromatic heterocycles. The minimum absolute atomic E-state index is 0.290. The molecule has 19 heavy (non-hydrogen) atoms. The second-order valence-corrected chi connectivity index (χ2v) is 4.88. The van der Waals surface area contributed by atoms with Gasteiger partial charge in [0, 0.05) is 5.57 Å². The van der Waals surface area contributed by atoms with Crippen LogP contribution in [0, 0.1) is 6.92 Å². The van der Waals surface area contributed by atoms with Crippen molar-refractivity contribution in [3.05, 3.63) is 41.0 Å². The van der Waals surface area contributed by atoms with Gasteiger partial charge in [-0.15, -0.1) is 0 Å². The van der Waals surface area contributed by atoms with E-state index < -0.39 is 5.97 Å². The minimum Gasteiger partial charge on any atom is -0.489 e. The van der Waals surface area contributed by atoms with E-state index in [4.69, 9.17) is 9.84 Å². The zero-order valence-electron chi connectivity index (χ0n) is 12.1. The number of carboxylic acids is 1. The summed E-state index contributed by atoms with van der Waals surface area (Å²) in [7, 11) is 0. The molecule has 0 unspecified atom stereocenters. The number of carbonyl (C=O) groups is 1. The summed E-state index contributed by atoms with van der Waals surface area (Å²) in [5.41, 5.74) is 2.67. The number of hydrogen-bond acceptors (Lipinski definition) is 2. The fourth-order valence-electron chi connectivity index (χ4n) is 1.75. The van der Waals surface area contributed by atoms with Gasteiger partial charge in [-0.1, -0.05) is 32.9 Å². The summed E-state index contributed by atoms with van der Waals surface area (Å²) in [5, 5.41) is 8.92. The van der Waals surface area contributed by atoms with Crippen molar-refractivity contribution in [1.29, 1.82) is 0 Å². The van der Waals surface area contributed by atoms with Crippen molar-refractivity contribution in [1.82, 2.24) is 0 Å². The molecule has 0 bridgehead atoms. The topological polar surface area (TPSA) is 46.5 Å². The molecule has 104 valence electrons. The molecule has 0 radical (unpaired) electrons. The Balaban J connectivity index is 2.77. The molecule has 1 N–H and O–H groups in total. The van der Waals surface area contributed by atoms with E-state index in [1.807, 2.05) is 26.0 Å². The highest BCUT2D eigenvalue weighted by Gasteiger charge is 2.06. The molecule has 3 heteroatoms. The Bertz CT molecular complexity index is 473. The van der Waals surface area contributed by atoms with E-state index in [2.05, 4.69) is 19.9 Å². The first kappa shape index (κ1) is 15.3. The third-order valence-corrected chi connectivity index (χ3v) is 3.10. The van der Waals surface area contributed by atoms with Crippen LogP contribution in [-0.2, 0) is 4.79 Å². The lowest BCUT2D eigenvalue weighted by molar-refractivity contribution is -0.132. The molecule has 0 aliphatic heterocycles. The normalized spacial score (nSPS) is 11.7.